The average molecular weight is 362 g/mol. The van der Waals surface area contributed by atoms with E-state index in [0.717, 1.165) is 16.1 Å². The highest BCUT2D eigenvalue weighted by Crippen LogP contribution is 2.38. The lowest BCUT2D eigenvalue weighted by Crippen LogP contribution is -2.28. The maximum absolute atomic E-state index is 12.1. The standard InChI is InChI=1S/C18H22N2O4S/c1-22-15-9-12(10-16(23-2)17(15)24-3)11-19-18(21)20-13-5-7-14(25-4)8-6-13/h5-10H,11H2,1-4H3,(H2,19,20,21). The van der Waals surface area contributed by atoms with Crippen molar-refractivity contribution in [2.24, 2.45) is 0 Å². The van der Waals surface area contributed by atoms with Crippen molar-refractivity contribution in [3.63, 3.8) is 0 Å². The van der Waals surface area contributed by atoms with Gasteiger partial charge in [0.15, 0.2) is 11.5 Å². The zero-order chi connectivity index (χ0) is 18.2. The summed E-state index contributed by atoms with van der Waals surface area (Å²) in [5.74, 6) is 1.62. The van der Waals surface area contributed by atoms with E-state index in [0.29, 0.717) is 23.8 Å². The Kier molecular flexibility index (Phi) is 6.82. The number of benzene rings is 2. The van der Waals surface area contributed by atoms with Gasteiger partial charge in [-0.2, -0.15) is 0 Å². The molecule has 0 saturated heterocycles. The topological polar surface area (TPSA) is 68.8 Å². The summed E-state index contributed by atoms with van der Waals surface area (Å²) in [6, 6.07) is 11.0. The van der Waals surface area contributed by atoms with Crippen LogP contribution in [0.5, 0.6) is 17.2 Å². The molecule has 0 unspecified atom stereocenters. The molecule has 0 bridgehead atoms. The lowest BCUT2D eigenvalue weighted by Gasteiger charge is -2.14. The number of amides is 2. The van der Waals surface area contributed by atoms with E-state index in [-0.39, 0.29) is 6.03 Å². The third-order valence-corrected chi connectivity index (χ3v) is 4.27. The fourth-order valence-corrected chi connectivity index (χ4v) is 2.68. The van der Waals surface area contributed by atoms with Gasteiger partial charge in [-0.3, -0.25) is 0 Å². The minimum absolute atomic E-state index is 0.286. The monoisotopic (exact) mass is 362 g/mol. The van der Waals surface area contributed by atoms with E-state index in [1.165, 1.54) is 0 Å². The minimum Gasteiger partial charge on any atom is -0.493 e. The molecule has 2 rings (SSSR count). The van der Waals surface area contributed by atoms with E-state index in [1.54, 1.807) is 45.2 Å². The van der Waals surface area contributed by atoms with E-state index < -0.39 is 0 Å². The zero-order valence-corrected chi connectivity index (χ0v) is 15.5. The summed E-state index contributed by atoms with van der Waals surface area (Å²) in [7, 11) is 4.66. The summed E-state index contributed by atoms with van der Waals surface area (Å²) in [6.45, 7) is 0.325. The Morgan fingerprint density at radius 3 is 2.08 bits per heavy atom. The van der Waals surface area contributed by atoms with Gasteiger partial charge in [-0.25, -0.2) is 4.79 Å². The normalized spacial score (nSPS) is 10.1. The quantitative estimate of drug-likeness (QED) is 0.734. The van der Waals surface area contributed by atoms with Crippen LogP contribution < -0.4 is 24.8 Å². The molecule has 2 aromatic rings. The fourth-order valence-electron chi connectivity index (χ4n) is 2.27. The summed E-state index contributed by atoms with van der Waals surface area (Å²) in [4.78, 5) is 13.2. The number of rotatable bonds is 7. The van der Waals surface area contributed by atoms with Crippen LogP contribution in [0.4, 0.5) is 10.5 Å². The number of hydrogen-bond donors (Lipinski definition) is 2. The highest BCUT2D eigenvalue weighted by molar-refractivity contribution is 7.98. The van der Waals surface area contributed by atoms with Crippen molar-refractivity contribution in [2.75, 3.05) is 32.9 Å². The third kappa shape index (κ3) is 4.96. The Hall–Kier alpha value is -2.54. The molecule has 0 aromatic heterocycles. The van der Waals surface area contributed by atoms with Crippen molar-refractivity contribution in [1.82, 2.24) is 5.32 Å². The van der Waals surface area contributed by atoms with Gasteiger partial charge in [0.25, 0.3) is 0 Å². The molecule has 2 amide bonds. The molecule has 25 heavy (non-hydrogen) atoms. The van der Waals surface area contributed by atoms with Gasteiger partial charge in [0.05, 0.1) is 21.3 Å². The number of anilines is 1. The maximum atomic E-state index is 12.1. The molecule has 0 heterocycles. The van der Waals surface area contributed by atoms with Crippen LogP contribution in [0.15, 0.2) is 41.3 Å². The molecular weight excluding hydrogens is 340 g/mol. The highest BCUT2D eigenvalue weighted by Gasteiger charge is 2.13. The van der Waals surface area contributed by atoms with Crippen molar-refractivity contribution >= 4 is 23.5 Å². The predicted octanol–water partition coefficient (Wildman–Crippen LogP) is 3.76. The Morgan fingerprint density at radius 1 is 1.00 bits per heavy atom. The first-order chi connectivity index (χ1) is 12.1. The van der Waals surface area contributed by atoms with E-state index in [4.69, 9.17) is 14.2 Å². The third-order valence-electron chi connectivity index (χ3n) is 3.53. The number of nitrogens with one attached hydrogen (secondary N) is 2. The van der Waals surface area contributed by atoms with Crippen LogP contribution in [0.25, 0.3) is 0 Å². The molecule has 0 atom stereocenters. The van der Waals surface area contributed by atoms with Crippen LogP contribution in [-0.4, -0.2) is 33.6 Å². The molecule has 0 aliphatic heterocycles. The number of urea groups is 1. The SMILES string of the molecule is COc1cc(CNC(=O)Nc2ccc(SC)cc2)cc(OC)c1OC. The van der Waals surface area contributed by atoms with Crippen molar-refractivity contribution in [3.8, 4) is 17.2 Å². The number of ether oxygens (including phenoxy) is 3. The molecule has 2 N–H and O–H groups in total. The summed E-state index contributed by atoms with van der Waals surface area (Å²) in [5, 5.41) is 5.61. The first-order valence-electron chi connectivity index (χ1n) is 7.59. The number of hydrogen-bond acceptors (Lipinski definition) is 5. The first-order valence-corrected chi connectivity index (χ1v) is 8.81. The second-order valence-electron chi connectivity index (χ2n) is 5.07. The van der Waals surface area contributed by atoms with Gasteiger partial charge in [-0.05, 0) is 48.2 Å². The van der Waals surface area contributed by atoms with Crippen LogP contribution in [0.1, 0.15) is 5.56 Å². The molecule has 0 saturated carbocycles. The van der Waals surface area contributed by atoms with Gasteiger partial charge in [0, 0.05) is 17.1 Å². The van der Waals surface area contributed by atoms with E-state index in [1.807, 2.05) is 30.5 Å². The van der Waals surface area contributed by atoms with Crippen molar-refractivity contribution in [2.45, 2.75) is 11.4 Å². The van der Waals surface area contributed by atoms with Gasteiger partial charge >= 0.3 is 6.03 Å². The maximum Gasteiger partial charge on any atom is 0.319 e. The number of carbonyl (C=O) groups is 1. The van der Waals surface area contributed by atoms with Crippen LogP contribution in [0.3, 0.4) is 0 Å². The smallest absolute Gasteiger partial charge is 0.319 e. The minimum atomic E-state index is -0.286. The first kappa shape index (κ1) is 18.8. The number of thioether (sulfide) groups is 1. The van der Waals surface area contributed by atoms with Crippen LogP contribution in [-0.2, 0) is 6.54 Å². The van der Waals surface area contributed by atoms with Gasteiger partial charge in [-0.15, -0.1) is 11.8 Å². The van der Waals surface area contributed by atoms with E-state index in [2.05, 4.69) is 10.6 Å². The summed E-state index contributed by atoms with van der Waals surface area (Å²) >= 11 is 1.65. The number of carbonyl (C=O) groups excluding carboxylic acids is 1. The zero-order valence-electron chi connectivity index (χ0n) is 14.7. The molecule has 7 heteroatoms. The summed E-state index contributed by atoms with van der Waals surface area (Å²) in [5.41, 5.74) is 1.57. The second kappa shape index (κ2) is 9.08. The lowest BCUT2D eigenvalue weighted by atomic mass is 10.2. The number of methoxy groups -OCH3 is 3. The van der Waals surface area contributed by atoms with Crippen molar-refractivity contribution in [1.29, 1.82) is 0 Å². The molecule has 0 radical (unpaired) electrons. The Morgan fingerprint density at radius 2 is 1.60 bits per heavy atom. The molecule has 0 fully saturated rings. The summed E-state index contributed by atoms with van der Waals surface area (Å²) < 4.78 is 15.9. The Bertz CT molecular complexity index is 695. The highest BCUT2D eigenvalue weighted by atomic mass is 32.2. The fraction of sp³-hybridized carbons (Fsp3) is 0.278. The Balaban J connectivity index is 2.01. The summed E-state index contributed by atoms with van der Waals surface area (Å²) in [6.07, 6.45) is 2.01. The van der Waals surface area contributed by atoms with Gasteiger partial charge in [0.1, 0.15) is 0 Å². The van der Waals surface area contributed by atoms with E-state index >= 15 is 0 Å². The molecule has 0 aliphatic carbocycles. The van der Waals surface area contributed by atoms with Gasteiger partial charge in [0.2, 0.25) is 5.75 Å². The molecule has 134 valence electrons. The van der Waals surface area contributed by atoms with E-state index in [9.17, 15) is 4.79 Å². The van der Waals surface area contributed by atoms with Crippen LogP contribution in [0.2, 0.25) is 0 Å². The van der Waals surface area contributed by atoms with Gasteiger partial charge < -0.3 is 24.8 Å². The molecular formula is C18H22N2O4S. The molecule has 2 aromatic carbocycles. The predicted molar refractivity (Wildman–Crippen MR) is 100 cm³/mol. The molecule has 6 nitrogen and oxygen atoms in total. The van der Waals surface area contributed by atoms with Crippen molar-refractivity contribution < 1.29 is 19.0 Å². The molecule has 0 aliphatic rings. The largest absolute Gasteiger partial charge is 0.493 e. The van der Waals surface area contributed by atoms with Crippen molar-refractivity contribution in [3.05, 3.63) is 42.0 Å². The average Bonchev–Trinajstić information content (AvgIpc) is 2.65. The van der Waals surface area contributed by atoms with Crippen LogP contribution >= 0.6 is 11.8 Å². The van der Waals surface area contributed by atoms with Crippen LogP contribution in [0, 0.1) is 0 Å². The second-order valence-corrected chi connectivity index (χ2v) is 5.95. The lowest BCUT2D eigenvalue weighted by molar-refractivity contribution is 0.251. The molecule has 0 spiro atoms. The Labute approximate surface area is 151 Å². The van der Waals surface area contributed by atoms with Gasteiger partial charge in [-0.1, -0.05) is 0 Å².